The van der Waals surface area contributed by atoms with Gasteiger partial charge in [-0.15, -0.1) is 5.10 Å². The molecule has 13 heteroatoms. The number of hydrogen-bond donors (Lipinski definition) is 4. The molecule has 0 spiro atoms. The highest BCUT2D eigenvalue weighted by molar-refractivity contribution is 6.40. The number of unbranched alkanes of at least 4 members (excludes halogenated alkanes) is 1. The molecule has 2 aromatic rings. The number of halogens is 3. The number of nitrogens with one attached hydrogen (secondary N) is 1. The summed E-state index contributed by atoms with van der Waals surface area (Å²) in [5, 5.41) is 30.9. The van der Waals surface area contributed by atoms with E-state index in [0.29, 0.717) is 25.3 Å². The van der Waals surface area contributed by atoms with E-state index < -0.39 is 43.1 Å². The molecule has 152 valence electrons. The minimum Gasteiger partial charge on any atom is -0.427 e. The van der Waals surface area contributed by atoms with Crippen molar-refractivity contribution in [2.45, 2.75) is 44.7 Å². The van der Waals surface area contributed by atoms with Crippen LogP contribution in [0.25, 0.3) is 0 Å². The van der Waals surface area contributed by atoms with Gasteiger partial charge >= 0.3 is 7.12 Å². The molecule has 0 fully saturated rings. The number of carbonyl (C=O) groups is 1. The van der Waals surface area contributed by atoms with E-state index in [-0.39, 0.29) is 24.3 Å². The summed E-state index contributed by atoms with van der Waals surface area (Å²) in [5.41, 5.74) is 5.67. The zero-order valence-electron chi connectivity index (χ0n) is 14.9. The highest BCUT2D eigenvalue weighted by Gasteiger charge is 2.18. The molecule has 9 nitrogen and oxygen atoms in total. The zero-order chi connectivity index (χ0) is 20.7. The Kier molecular flexibility index (Phi) is 7.90. The highest BCUT2D eigenvalue weighted by Crippen LogP contribution is 2.16. The SMILES string of the molecule is NC(CCCCB(O)O)c1nnnn1CC(=O)NCc1cc(F)cc(F)c1F. The van der Waals surface area contributed by atoms with Gasteiger partial charge in [0, 0.05) is 18.2 Å². The predicted molar refractivity (Wildman–Crippen MR) is 91.8 cm³/mol. The monoisotopic (exact) mass is 400 g/mol. The van der Waals surface area contributed by atoms with Crippen molar-refractivity contribution in [2.75, 3.05) is 0 Å². The quantitative estimate of drug-likeness (QED) is 0.251. The fourth-order valence-electron chi connectivity index (χ4n) is 2.53. The van der Waals surface area contributed by atoms with Crippen molar-refractivity contribution < 1.29 is 28.0 Å². The zero-order valence-corrected chi connectivity index (χ0v) is 14.9. The van der Waals surface area contributed by atoms with Crippen LogP contribution in [-0.4, -0.2) is 43.3 Å². The molecule has 0 aliphatic rings. The van der Waals surface area contributed by atoms with Gasteiger partial charge < -0.3 is 21.1 Å². The van der Waals surface area contributed by atoms with Gasteiger partial charge in [0.15, 0.2) is 17.5 Å². The van der Waals surface area contributed by atoms with Crippen molar-refractivity contribution in [1.29, 1.82) is 0 Å². The van der Waals surface area contributed by atoms with Gasteiger partial charge in [-0.3, -0.25) is 4.79 Å². The van der Waals surface area contributed by atoms with Gasteiger partial charge in [-0.1, -0.05) is 12.8 Å². The third-order valence-corrected chi connectivity index (χ3v) is 3.96. The Labute approximate surface area is 158 Å². The van der Waals surface area contributed by atoms with E-state index in [1.165, 1.54) is 4.68 Å². The molecule has 5 N–H and O–H groups in total. The van der Waals surface area contributed by atoms with E-state index >= 15 is 0 Å². The summed E-state index contributed by atoms with van der Waals surface area (Å²) < 4.78 is 41.1. The fraction of sp³-hybridized carbons (Fsp3) is 0.467. The Bertz CT molecular complexity index is 807. The van der Waals surface area contributed by atoms with Gasteiger partial charge in [0.05, 0.1) is 6.04 Å². The van der Waals surface area contributed by atoms with Gasteiger partial charge in [-0.2, -0.15) is 0 Å². The Hall–Kier alpha value is -2.51. The van der Waals surface area contributed by atoms with Crippen molar-refractivity contribution in [2.24, 2.45) is 5.73 Å². The maximum absolute atomic E-state index is 13.6. The molecule has 1 unspecified atom stereocenters. The van der Waals surface area contributed by atoms with Gasteiger partial charge in [0.1, 0.15) is 12.4 Å². The van der Waals surface area contributed by atoms with Gasteiger partial charge in [-0.25, -0.2) is 17.9 Å². The molecule has 0 aliphatic heterocycles. The van der Waals surface area contributed by atoms with Crippen molar-refractivity contribution in [3.63, 3.8) is 0 Å². The standard InChI is InChI=1S/C15H20BF3N6O3/c17-10-5-9(14(19)11(18)6-10)7-21-13(26)8-25-15(22-23-24-25)12(20)3-1-2-4-16(27)28/h5-6,12,27-28H,1-4,7-8,20H2,(H,21,26). The van der Waals surface area contributed by atoms with Crippen LogP contribution < -0.4 is 11.1 Å². The lowest BCUT2D eigenvalue weighted by atomic mass is 9.83. The van der Waals surface area contributed by atoms with Crippen LogP contribution in [0, 0.1) is 17.5 Å². The Morgan fingerprint density at radius 3 is 2.75 bits per heavy atom. The molecule has 1 aromatic carbocycles. The molecule has 2 rings (SSSR count). The lowest BCUT2D eigenvalue weighted by Crippen LogP contribution is -2.30. The number of nitrogens with two attached hydrogens (primary N) is 1. The average Bonchev–Trinajstić information content (AvgIpc) is 3.08. The Morgan fingerprint density at radius 1 is 1.29 bits per heavy atom. The van der Waals surface area contributed by atoms with E-state index in [9.17, 15) is 18.0 Å². The largest absolute Gasteiger partial charge is 0.451 e. The summed E-state index contributed by atoms with van der Waals surface area (Å²) >= 11 is 0. The summed E-state index contributed by atoms with van der Waals surface area (Å²) in [6, 6.07) is 0.630. The molecule has 1 aromatic heterocycles. The van der Waals surface area contributed by atoms with Crippen molar-refractivity contribution in [3.8, 4) is 0 Å². The molecule has 1 amide bonds. The smallest absolute Gasteiger partial charge is 0.427 e. The minimum atomic E-state index is -1.37. The van der Waals surface area contributed by atoms with Crippen LogP contribution in [0.1, 0.15) is 36.7 Å². The normalized spacial score (nSPS) is 12.1. The third-order valence-electron chi connectivity index (χ3n) is 3.96. The maximum Gasteiger partial charge on any atom is 0.451 e. The van der Waals surface area contributed by atoms with Crippen LogP contribution in [0.15, 0.2) is 12.1 Å². The molecule has 1 atom stereocenters. The number of benzene rings is 1. The topological polar surface area (TPSA) is 139 Å². The number of nitrogens with zero attached hydrogens (tertiary/aromatic N) is 4. The van der Waals surface area contributed by atoms with Crippen LogP contribution in [0.2, 0.25) is 6.32 Å². The highest BCUT2D eigenvalue weighted by atomic mass is 19.2. The summed E-state index contributed by atoms with van der Waals surface area (Å²) in [6.45, 7) is -0.725. The molecule has 0 saturated heterocycles. The van der Waals surface area contributed by atoms with E-state index in [0.717, 1.165) is 6.07 Å². The van der Waals surface area contributed by atoms with E-state index in [1.807, 2.05) is 0 Å². The first-order valence-corrected chi connectivity index (χ1v) is 8.55. The summed E-state index contributed by atoms with van der Waals surface area (Å²) in [4.78, 5) is 12.0. The first kappa shape index (κ1) is 21.8. The molecule has 0 saturated carbocycles. The number of tetrazole rings is 1. The van der Waals surface area contributed by atoms with E-state index in [2.05, 4.69) is 20.8 Å². The summed E-state index contributed by atoms with van der Waals surface area (Å²) in [5.74, 6) is -3.88. The van der Waals surface area contributed by atoms with Crippen LogP contribution in [0.3, 0.4) is 0 Å². The molecular formula is C15H20BF3N6O3. The summed E-state index contributed by atoms with van der Waals surface area (Å²) in [6.07, 6.45) is 1.82. The molecule has 0 aliphatic carbocycles. The lowest BCUT2D eigenvalue weighted by Gasteiger charge is -2.12. The van der Waals surface area contributed by atoms with Crippen molar-refractivity contribution in [1.82, 2.24) is 25.5 Å². The lowest BCUT2D eigenvalue weighted by molar-refractivity contribution is -0.122. The second kappa shape index (κ2) is 10.2. The molecular weight excluding hydrogens is 380 g/mol. The maximum atomic E-state index is 13.6. The Balaban J connectivity index is 1.89. The van der Waals surface area contributed by atoms with Crippen LogP contribution in [-0.2, 0) is 17.9 Å². The van der Waals surface area contributed by atoms with Crippen LogP contribution >= 0.6 is 0 Å². The van der Waals surface area contributed by atoms with Crippen LogP contribution in [0.5, 0.6) is 0 Å². The molecule has 1 heterocycles. The predicted octanol–water partition coefficient (Wildman–Crippen LogP) is 0.0497. The number of amides is 1. The van der Waals surface area contributed by atoms with E-state index in [1.54, 1.807) is 0 Å². The molecule has 0 bridgehead atoms. The summed E-state index contributed by atoms with van der Waals surface area (Å²) in [7, 11) is -1.37. The molecule has 0 radical (unpaired) electrons. The van der Waals surface area contributed by atoms with Crippen molar-refractivity contribution >= 4 is 13.0 Å². The number of carbonyl (C=O) groups excluding carboxylic acids is 1. The van der Waals surface area contributed by atoms with Crippen LogP contribution in [0.4, 0.5) is 13.2 Å². The average molecular weight is 400 g/mol. The molecule has 28 heavy (non-hydrogen) atoms. The first-order valence-electron chi connectivity index (χ1n) is 8.55. The minimum absolute atomic E-state index is 0.220. The number of aromatic nitrogens is 4. The van der Waals surface area contributed by atoms with Gasteiger partial charge in [-0.05, 0) is 29.2 Å². The number of rotatable bonds is 10. The number of hydrogen-bond acceptors (Lipinski definition) is 7. The van der Waals surface area contributed by atoms with Gasteiger partial charge in [0.2, 0.25) is 5.91 Å². The Morgan fingerprint density at radius 2 is 2.04 bits per heavy atom. The second-order valence-corrected chi connectivity index (χ2v) is 6.20. The first-order chi connectivity index (χ1) is 13.3. The third kappa shape index (κ3) is 6.28. The van der Waals surface area contributed by atoms with Gasteiger partial charge in [0.25, 0.3) is 0 Å². The van der Waals surface area contributed by atoms with E-state index in [4.69, 9.17) is 15.8 Å². The fourth-order valence-corrected chi connectivity index (χ4v) is 2.53. The van der Waals surface area contributed by atoms with Crippen molar-refractivity contribution in [3.05, 3.63) is 41.0 Å². The second-order valence-electron chi connectivity index (χ2n) is 6.20.